The van der Waals surface area contributed by atoms with E-state index in [1.54, 1.807) is 0 Å². The molecule has 0 aliphatic carbocycles. The lowest BCUT2D eigenvalue weighted by Crippen LogP contribution is -2.39. The van der Waals surface area contributed by atoms with Crippen LogP contribution < -0.4 is 0 Å². The van der Waals surface area contributed by atoms with Gasteiger partial charge in [0.15, 0.2) is 0 Å². The van der Waals surface area contributed by atoms with Crippen LogP contribution >= 0.6 is 0 Å². The molecule has 4 heteroatoms. The fourth-order valence-corrected chi connectivity index (χ4v) is 2.98. The van der Waals surface area contributed by atoms with Crippen LogP contribution in [0, 0.1) is 5.92 Å². The Kier molecular flexibility index (Phi) is 5.95. The molecular formula is C16H27N3O. The maximum atomic E-state index is 8.97. The molecule has 0 amide bonds. The van der Waals surface area contributed by atoms with Gasteiger partial charge < -0.3 is 10.0 Å². The molecule has 0 radical (unpaired) electrons. The highest BCUT2D eigenvalue weighted by Gasteiger charge is 2.22. The van der Waals surface area contributed by atoms with E-state index in [1.807, 2.05) is 18.5 Å². The average molecular weight is 277 g/mol. The van der Waals surface area contributed by atoms with E-state index in [1.165, 1.54) is 18.4 Å². The Morgan fingerprint density at radius 3 is 2.80 bits per heavy atom. The molecule has 1 aromatic heterocycles. The lowest BCUT2D eigenvalue weighted by Gasteiger charge is -2.35. The number of pyridine rings is 1. The first kappa shape index (κ1) is 15.4. The largest absolute Gasteiger partial charge is 0.395 e. The Morgan fingerprint density at radius 2 is 2.20 bits per heavy atom. The summed E-state index contributed by atoms with van der Waals surface area (Å²) in [7, 11) is 2.21. The third-order valence-corrected chi connectivity index (χ3v) is 4.50. The second-order valence-corrected chi connectivity index (χ2v) is 5.91. The van der Waals surface area contributed by atoms with E-state index in [9.17, 15) is 0 Å². The van der Waals surface area contributed by atoms with E-state index in [2.05, 4.69) is 34.8 Å². The van der Waals surface area contributed by atoms with Crippen LogP contribution in [0.3, 0.4) is 0 Å². The van der Waals surface area contributed by atoms with Crippen LogP contribution in [-0.2, 0) is 0 Å². The molecule has 0 aromatic carbocycles. The molecule has 1 saturated heterocycles. The number of aliphatic hydroxyl groups is 1. The molecule has 2 rings (SSSR count). The zero-order valence-electron chi connectivity index (χ0n) is 12.7. The summed E-state index contributed by atoms with van der Waals surface area (Å²) < 4.78 is 0. The number of hydrogen-bond acceptors (Lipinski definition) is 4. The molecular weight excluding hydrogens is 250 g/mol. The van der Waals surface area contributed by atoms with Crippen LogP contribution in [0.5, 0.6) is 0 Å². The fraction of sp³-hybridized carbons (Fsp3) is 0.688. The van der Waals surface area contributed by atoms with Crippen molar-refractivity contribution >= 4 is 0 Å². The molecule has 1 fully saturated rings. The van der Waals surface area contributed by atoms with Gasteiger partial charge in [0, 0.05) is 31.5 Å². The first-order valence-electron chi connectivity index (χ1n) is 7.64. The summed E-state index contributed by atoms with van der Waals surface area (Å²) in [6.07, 6.45) is 6.27. The summed E-state index contributed by atoms with van der Waals surface area (Å²) >= 11 is 0. The van der Waals surface area contributed by atoms with Crippen LogP contribution in [-0.4, -0.2) is 59.7 Å². The van der Waals surface area contributed by atoms with E-state index in [0.29, 0.717) is 6.04 Å². The number of aromatic nitrogens is 1. The quantitative estimate of drug-likeness (QED) is 0.860. The minimum absolute atomic E-state index is 0.280. The highest BCUT2D eigenvalue weighted by atomic mass is 16.3. The van der Waals surface area contributed by atoms with Gasteiger partial charge in [-0.05, 0) is 57.5 Å². The van der Waals surface area contributed by atoms with Crippen molar-refractivity contribution in [2.24, 2.45) is 5.92 Å². The van der Waals surface area contributed by atoms with E-state index in [4.69, 9.17) is 5.11 Å². The second kappa shape index (κ2) is 7.72. The normalized spacial score (nSPS) is 19.4. The van der Waals surface area contributed by atoms with Crippen LogP contribution in [0.1, 0.15) is 31.4 Å². The molecule has 1 atom stereocenters. The van der Waals surface area contributed by atoms with Gasteiger partial charge in [-0.1, -0.05) is 6.07 Å². The number of aliphatic hydroxyl groups excluding tert-OH is 1. The molecule has 1 aliphatic rings. The maximum absolute atomic E-state index is 8.97. The Morgan fingerprint density at radius 1 is 1.45 bits per heavy atom. The van der Waals surface area contributed by atoms with Crippen molar-refractivity contribution in [2.45, 2.75) is 25.8 Å². The molecule has 1 N–H and O–H groups in total. The summed E-state index contributed by atoms with van der Waals surface area (Å²) in [5.74, 6) is 0.772. The molecule has 1 aliphatic heterocycles. The number of piperidine rings is 1. The Balaban J connectivity index is 1.79. The lowest BCUT2D eigenvalue weighted by atomic mass is 9.95. The van der Waals surface area contributed by atoms with Gasteiger partial charge in [0.2, 0.25) is 0 Å². The predicted molar refractivity (Wildman–Crippen MR) is 81.5 cm³/mol. The van der Waals surface area contributed by atoms with Crippen molar-refractivity contribution in [1.29, 1.82) is 0 Å². The van der Waals surface area contributed by atoms with Crippen molar-refractivity contribution in [2.75, 3.05) is 39.8 Å². The van der Waals surface area contributed by atoms with E-state index in [0.717, 1.165) is 32.1 Å². The van der Waals surface area contributed by atoms with Crippen molar-refractivity contribution < 1.29 is 5.11 Å². The molecule has 0 bridgehead atoms. The lowest BCUT2D eigenvalue weighted by molar-refractivity contribution is 0.121. The molecule has 0 unspecified atom stereocenters. The zero-order chi connectivity index (χ0) is 14.4. The van der Waals surface area contributed by atoms with E-state index < -0.39 is 0 Å². The van der Waals surface area contributed by atoms with Crippen LogP contribution in [0.4, 0.5) is 0 Å². The molecule has 112 valence electrons. The highest BCUT2D eigenvalue weighted by molar-refractivity contribution is 5.12. The monoisotopic (exact) mass is 277 g/mol. The van der Waals surface area contributed by atoms with Crippen molar-refractivity contribution in [3.05, 3.63) is 30.1 Å². The van der Waals surface area contributed by atoms with Gasteiger partial charge in [-0.15, -0.1) is 0 Å². The van der Waals surface area contributed by atoms with Gasteiger partial charge >= 0.3 is 0 Å². The van der Waals surface area contributed by atoms with Crippen LogP contribution in [0.25, 0.3) is 0 Å². The smallest absolute Gasteiger partial charge is 0.0558 e. The van der Waals surface area contributed by atoms with Crippen molar-refractivity contribution in [3.8, 4) is 0 Å². The van der Waals surface area contributed by atoms with Crippen LogP contribution in [0.2, 0.25) is 0 Å². The van der Waals surface area contributed by atoms with Crippen LogP contribution in [0.15, 0.2) is 24.5 Å². The minimum atomic E-state index is 0.280. The Labute approximate surface area is 122 Å². The summed E-state index contributed by atoms with van der Waals surface area (Å²) in [4.78, 5) is 9.00. The molecule has 1 aromatic rings. The molecule has 20 heavy (non-hydrogen) atoms. The Bertz CT molecular complexity index is 377. The number of nitrogens with zero attached hydrogens (tertiary/aromatic N) is 3. The summed E-state index contributed by atoms with van der Waals surface area (Å²) in [5.41, 5.74) is 1.28. The Hall–Kier alpha value is -0.970. The first-order valence-corrected chi connectivity index (χ1v) is 7.64. The first-order chi connectivity index (χ1) is 9.70. The fourth-order valence-electron chi connectivity index (χ4n) is 2.98. The number of likely N-dealkylation sites (tertiary alicyclic amines) is 1. The van der Waals surface area contributed by atoms with Crippen molar-refractivity contribution in [1.82, 2.24) is 14.8 Å². The topological polar surface area (TPSA) is 39.6 Å². The van der Waals surface area contributed by atoms with Gasteiger partial charge in [-0.3, -0.25) is 9.88 Å². The highest BCUT2D eigenvalue weighted by Crippen LogP contribution is 2.23. The number of rotatable bonds is 6. The van der Waals surface area contributed by atoms with E-state index in [-0.39, 0.29) is 6.61 Å². The van der Waals surface area contributed by atoms with Gasteiger partial charge in [0.25, 0.3) is 0 Å². The number of hydrogen-bond donors (Lipinski definition) is 1. The number of β-amino-alcohol motifs (C(OH)–C–C–N with tert-alkyl or cyclic N) is 1. The third-order valence-electron chi connectivity index (χ3n) is 4.50. The molecule has 2 heterocycles. The van der Waals surface area contributed by atoms with Crippen molar-refractivity contribution in [3.63, 3.8) is 0 Å². The zero-order valence-corrected chi connectivity index (χ0v) is 12.7. The maximum Gasteiger partial charge on any atom is 0.0558 e. The standard InChI is InChI=1S/C16H27N3O/c1-14(16-4-3-7-17-12-16)18(2)13-15-5-8-19(9-6-15)10-11-20/h3-4,7,12,14-15,20H,5-6,8-11,13H2,1-2H3/t14-/m1/s1. The third kappa shape index (κ3) is 4.27. The second-order valence-electron chi connectivity index (χ2n) is 5.91. The van der Waals surface area contributed by atoms with Gasteiger partial charge in [0.1, 0.15) is 0 Å². The SMILES string of the molecule is C[C@H](c1cccnc1)N(C)CC1CCN(CCO)CC1. The summed E-state index contributed by atoms with van der Waals surface area (Å²) in [5, 5.41) is 8.97. The predicted octanol–water partition coefficient (Wildman–Crippen LogP) is 1.78. The van der Waals surface area contributed by atoms with Gasteiger partial charge in [-0.2, -0.15) is 0 Å². The molecule has 0 saturated carbocycles. The average Bonchev–Trinajstić information content (AvgIpc) is 2.49. The summed E-state index contributed by atoms with van der Waals surface area (Å²) in [6, 6.07) is 4.57. The minimum Gasteiger partial charge on any atom is -0.395 e. The molecule has 0 spiro atoms. The van der Waals surface area contributed by atoms with Gasteiger partial charge in [-0.25, -0.2) is 0 Å². The summed E-state index contributed by atoms with van der Waals surface area (Å²) in [6.45, 7) is 6.75. The van der Waals surface area contributed by atoms with E-state index >= 15 is 0 Å². The molecule has 4 nitrogen and oxygen atoms in total. The van der Waals surface area contributed by atoms with Gasteiger partial charge in [0.05, 0.1) is 6.61 Å².